The molecule has 1 aromatic heterocycles. The molecule has 3 N–H and O–H groups in total. The third-order valence-electron chi connectivity index (χ3n) is 1.78. The first-order valence-corrected chi connectivity index (χ1v) is 5.62. The molecule has 0 fully saturated rings. The van der Waals surface area contributed by atoms with E-state index in [1.54, 1.807) is 11.3 Å². The van der Waals surface area contributed by atoms with E-state index in [0.717, 1.165) is 12.8 Å². The number of hydrogen-bond donors (Lipinski definition) is 2. The smallest absolute Gasteiger partial charge is 0.164 e. The van der Waals surface area contributed by atoms with Crippen molar-refractivity contribution in [3.8, 4) is 0 Å². The number of thiocarbonyl (C=S) groups is 1. The molecule has 1 rings (SSSR count). The normalized spacial score (nSPS) is 12.4. The van der Waals surface area contributed by atoms with Gasteiger partial charge in [-0.2, -0.15) is 0 Å². The molecule has 1 heterocycles. The molecule has 0 amide bonds. The van der Waals surface area contributed by atoms with Crippen LogP contribution in [0.15, 0.2) is 17.5 Å². The highest BCUT2D eigenvalue weighted by molar-refractivity contribution is 7.80. The van der Waals surface area contributed by atoms with Crippen LogP contribution < -0.4 is 11.1 Å². The van der Waals surface area contributed by atoms with Crippen LogP contribution in [0.2, 0.25) is 0 Å². The fourth-order valence-electron chi connectivity index (χ4n) is 1.24. The van der Waals surface area contributed by atoms with Crippen molar-refractivity contribution in [1.29, 1.82) is 0 Å². The molecule has 1 unspecified atom stereocenters. The van der Waals surface area contributed by atoms with Crippen LogP contribution in [0.5, 0.6) is 0 Å². The lowest BCUT2D eigenvalue weighted by atomic mass is 10.1. The largest absolute Gasteiger partial charge is 0.376 e. The lowest BCUT2D eigenvalue weighted by Gasteiger charge is -2.16. The second-order valence-electron chi connectivity index (χ2n) is 2.87. The Balaban J connectivity index is 2.62. The zero-order chi connectivity index (χ0) is 9.68. The second-order valence-corrected chi connectivity index (χ2v) is 4.28. The summed E-state index contributed by atoms with van der Waals surface area (Å²) in [4.78, 5) is 1.30. The molecular weight excluding hydrogens is 200 g/mol. The molecule has 72 valence electrons. The van der Waals surface area contributed by atoms with Gasteiger partial charge in [0.25, 0.3) is 0 Å². The van der Waals surface area contributed by atoms with E-state index in [1.807, 2.05) is 6.07 Å². The van der Waals surface area contributed by atoms with Gasteiger partial charge in [-0.1, -0.05) is 19.4 Å². The van der Waals surface area contributed by atoms with E-state index in [-0.39, 0.29) is 0 Å². The van der Waals surface area contributed by atoms with Crippen molar-refractivity contribution in [2.24, 2.45) is 5.73 Å². The first-order valence-electron chi connectivity index (χ1n) is 4.33. The minimum atomic E-state index is 0.294. The van der Waals surface area contributed by atoms with Crippen molar-refractivity contribution in [1.82, 2.24) is 5.32 Å². The molecule has 4 heteroatoms. The Morgan fingerprint density at radius 2 is 2.54 bits per heavy atom. The third-order valence-corrected chi connectivity index (χ3v) is 2.88. The van der Waals surface area contributed by atoms with E-state index in [4.69, 9.17) is 18.0 Å². The van der Waals surface area contributed by atoms with Crippen LogP contribution >= 0.6 is 23.6 Å². The van der Waals surface area contributed by atoms with Gasteiger partial charge in [-0.25, -0.2) is 0 Å². The van der Waals surface area contributed by atoms with Crippen LogP contribution in [0.3, 0.4) is 0 Å². The van der Waals surface area contributed by atoms with Crippen molar-refractivity contribution in [3.05, 3.63) is 22.4 Å². The summed E-state index contributed by atoms with van der Waals surface area (Å²) in [7, 11) is 0. The van der Waals surface area contributed by atoms with Gasteiger partial charge in [-0.05, 0) is 30.1 Å². The van der Waals surface area contributed by atoms with Gasteiger partial charge in [-0.3, -0.25) is 0 Å². The molecule has 0 radical (unpaired) electrons. The molecule has 0 saturated heterocycles. The van der Waals surface area contributed by atoms with Gasteiger partial charge in [-0.15, -0.1) is 11.3 Å². The molecule has 13 heavy (non-hydrogen) atoms. The fourth-order valence-corrected chi connectivity index (χ4v) is 2.19. The van der Waals surface area contributed by atoms with Crippen LogP contribution in [0.25, 0.3) is 0 Å². The summed E-state index contributed by atoms with van der Waals surface area (Å²) in [6, 6.07) is 4.45. The molecular formula is C9H14N2S2. The van der Waals surface area contributed by atoms with Crippen molar-refractivity contribution >= 4 is 28.7 Å². The molecule has 0 aromatic carbocycles. The fraction of sp³-hybridized carbons (Fsp3) is 0.444. The maximum atomic E-state index is 5.45. The number of thiophene rings is 1. The lowest BCUT2D eigenvalue weighted by molar-refractivity contribution is 0.592. The summed E-state index contributed by atoms with van der Waals surface area (Å²) >= 11 is 6.57. The van der Waals surface area contributed by atoms with Crippen molar-refractivity contribution < 1.29 is 0 Å². The number of nitrogens with two attached hydrogens (primary N) is 1. The summed E-state index contributed by atoms with van der Waals surface area (Å²) < 4.78 is 0. The zero-order valence-corrected chi connectivity index (χ0v) is 9.25. The first kappa shape index (κ1) is 10.5. The number of rotatable bonds is 4. The molecule has 1 aromatic rings. The van der Waals surface area contributed by atoms with E-state index in [1.165, 1.54) is 4.88 Å². The van der Waals surface area contributed by atoms with Gasteiger partial charge < -0.3 is 11.1 Å². The molecule has 0 aliphatic heterocycles. The van der Waals surface area contributed by atoms with Gasteiger partial charge in [0.15, 0.2) is 5.11 Å². The van der Waals surface area contributed by atoms with Crippen LogP contribution in [0.4, 0.5) is 0 Å². The average Bonchev–Trinajstić information content (AvgIpc) is 2.54. The van der Waals surface area contributed by atoms with E-state index in [0.29, 0.717) is 11.2 Å². The van der Waals surface area contributed by atoms with Gasteiger partial charge in [0.05, 0.1) is 6.04 Å². The monoisotopic (exact) mass is 214 g/mol. The third kappa shape index (κ3) is 3.32. The number of nitrogens with one attached hydrogen (secondary N) is 1. The standard InChI is InChI=1S/C9H14N2S2/c1-2-4-7(11-9(10)12)8-5-3-6-13-8/h3,5-7H,2,4H2,1H3,(H3,10,11,12). The average molecular weight is 214 g/mol. The maximum absolute atomic E-state index is 5.45. The second kappa shape index (κ2) is 5.19. The van der Waals surface area contributed by atoms with Gasteiger partial charge in [0, 0.05) is 4.88 Å². The summed E-state index contributed by atoms with van der Waals surface area (Å²) in [6.07, 6.45) is 2.19. The molecule has 0 aliphatic rings. The zero-order valence-electron chi connectivity index (χ0n) is 7.62. The molecule has 1 atom stereocenters. The summed E-state index contributed by atoms with van der Waals surface area (Å²) in [5, 5.41) is 5.55. The Morgan fingerprint density at radius 1 is 1.77 bits per heavy atom. The molecule has 0 saturated carbocycles. The quantitative estimate of drug-likeness (QED) is 0.756. The summed E-state index contributed by atoms with van der Waals surface area (Å²) in [5.74, 6) is 0. The highest BCUT2D eigenvalue weighted by atomic mass is 32.1. The number of hydrogen-bond acceptors (Lipinski definition) is 2. The van der Waals surface area contributed by atoms with Crippen LogP contribution in [-0.4, -0.2) is 5.11 Å². The minimum absolute atomic E-state index is 0.294. The Labute approximate surface area is 88.1 Å². The maximum Gasteiger partial charge on any atom is 0.164 e. The van der Waals surface area contributed by atoms with Crippen molar-refractivity contribution in [3.63, 3.8) is 0 Å². The predicted octanol–water partition coefficient (Wildman–Crippen LogP) is 2.42. The van der Waals surface area contributed by atoms with Crippen molar-refractivity contribution in [2.45, 2.75) is 25.8 Å². The minimum Gasteiger partial charge on any atom is -0.376 e. The Kier molecular flexibility index (Phi) is 4.18. The topological polar surface area (TPSA) is 38.0 Å². The highest BCUT2D eigenvalue weighted by Gasteiger charge is 2.10. The SMILES string of the molecule is CCCC(NC(N)=S)c1cccs1. The summed E-state index contributed by atoms with van der Waals surface area (Å²) in [5.41, 5.74) is 5.45. The molecule has 0 aliphatic carbocycles. The van der Waals surface area contributed by atoms with E-state index in [9.17, 15) is 0 Å². The summed E-state index contributed by atoms with van der Waals surface area (Å²) in [6.45, 7) is 2.15. The van der Waals surface area contributed by atoms with Crippen LogP contribution in [-0.2, 0) is 0 Å². The van der Waals surface area contributed by atoms with E-state index >= 15 is 0 Å². The predicted molar refractivity (Wildman–Crippen MR) is 61.9 cm³/mol. The Morgan fingerprint density at radius 3 is 3.00 bits per heavy atom. The van der Waals surface area contributed by atoms with E-state index in [2.05, 4.69) is 23.7 Å². The van der Waals surface area contributed by atoms with Crippen molar-refractivity contribution in [2.75, 3.05) is 0 Å². The van der Waals surface area contributed by atoms with Gasteiger partial charge >= 0.3 is 0 Å². The Bertz CT molecular complexity index is 257. The van der Waals surface area contributed by atoms with Crippen LogP contribution in [0, 0.1) is 0 Å². The Hall–Kier alpha value is -0.610. The molecule has 0 spiro atoms. The highest BCUT2D eigenvalue weighted by Crippen LogP contribution is 2.22. The van der Waals surface area contributed by atoms with E-state index < -0.39 is 0 Å². The molecule has 0 bridgehead atoms. The van der Waals surface area contributed by atoms with Crippen LogP contribution in [0.1, 0.15) is 30.7 Å². The molecule has 2 nitrogen and oxygen atoms in total. The van der Waals surface area contributed by atoms with Gasteiger partial charge in [0.1, 0.15) is 0 Å². The van der Waals surface area contributed by atoms with Gasteiger partial charge in [0.2, 0.25) is 0 Å². The first-order chi connectivity index (χ1) is 6.24. The lowest BCUT2D eigenvalue weighted by Crippen LogP contribution is -2.32.